The molecule has 1 saturated heterocycles. The van der Waals surface area contributed by atoms with Gasteiger partial charge in [-0.15, -0.1) is 0 Å². The summed E-state index contributed by atoms with van der Waals surface area (Å²) in [6.45, 7) is 1.54. The summed E-state index contributed by atoms with van der Waals surface area (Å²) >= 11 is 0. The lowest BCUT2D eigenvalue weighted by molar-refractivity contribution is -0.122. The zero-order valence-electron chi connectivity index (χ0n) is 10.4. The molecule has 5 heteroatoms. The Kier molecular flexibility index (Phi) is 3.88. The lowest BCUT2D eigenvalue weighted by Gasteiger charge is -2.28. The van der Waals surface area contributed by atoms with Gasteiger partial charge in [0, 0.05) is 31.2 Å². The van der Waals surface area contributed by atoms with Crippen molar-refractivity contribution in [2.75, 3.05) is 25.1 Å². The fraction of sp³-hybridized carbons (Fsp3) is 0.917. The normalized spacial score (nSPS) is 31.2. The summed E-state index contributed by atoms with van der Waals surface area (Å²) in [7, 11) is -2.90. The maximum atomic E-state index is 11.8. The molecule has 1 heterocycles. The number of ketones is 1. The summed E-state index contributed by atoms with van der Waals surface area (Å²) in [5.74, 6) is 0.781. The zero-order valence-corrected chi connectivity index (χ0v) is 11.2. The van der Waals surface area contributed by atoms with Gasteiger partial charge in [0.1, 0.15) is 15.6 Å². The lowest BCUT2D eigenvalue weighted by Crippen LogP contribution is -2.39. The van der Waals surface area contributed by atoms with Gasteiger partial charge in [-0.3, -0.25) is 9.69 Å². The second kappa shape index (κ2) is 5.06. The molecule has 0 aromatic carbocycles. The molecule has 2 unspecified atom stereocenters. The van der Waals surface area contributed by atoms with E-state index in [0.717, 1.165) is 38.6 Å². The predicted molar refractivity (Wildman–Crippen MR) is 66.7 cm³/mol. The molecule has 0 bridgehead atoms. The Bertz CT molecular complexity index is 391. The zero-order chi connectivity index (χ0) is 12.5. The number of rotatable bonds is 4. The highest BCUT2D eigenvalue weighted by Gasteiger charge is 2.37. The van der Waals surface area contributed by atoms with Gasteiger partial charge in [-0.1, -0.05) is 0 Å². The molecule has 0 N–H and O–H groups in total. The van der Waals surface area contributed by atoms with Crippen molar-refractivity contribution in [1.29, 1.82) is 0 Å². The number of carbonyl (C=O) groups excluding carboxylic acids is 1. The number of carbonyl (C=O) groups is 1. The van der Waals surface area contributed by atoms with Gasteiger partial charge in [-0.25, -0.2) is 8.42 Å². The van der Waals surface area contributed by atoms with Crippen molar-refractivity contribution in [3.8, 4) is 0 Å². The Morgan fingerprint density at radius 2 is 2.06 bits per heavy atom. The van der Waals surface area contributed by atoms with Crippen molar-refractivity contribution in [1.82, 2.24) is 4.90 Å². The van der Waals surface area contributed by atoms with E-state index in [9.17, 15) is 13.2 Å². The van der Waals surface area contributed by atoms with E-state index in [1.54, 1.807) is 0 Å². The molecule has 2 fully saturated rings. The van der Waals surface area contributed by atoms with E-state index in [1.807, 2.05) is 0 Å². The van der Waals surface area contributed by atoms with Crippen LogP contribution in [0, 0.1) is 5.92 Å². The van der Waals surface area contributed by atoms with Crippen LogP contribution in [-0.4, -0.2) is 50.2 Å². The molecule has 0 aromatic heterocycles. The molecule has 1 aliphatic heterocycles. The first-order chi connectivity index (χ1) is 7.97. The molecule has 2 aliphatic rings. The van der Waals surface area contributed by atoms with E-state index in [1.165, 1.54) is 6.26 Å². The van der Waals surface area contributed by atoms with Crippen LogP contribution >= 0.6 is 0 Å². The van der Waals surface area contributed by atoms with Crippen LogP contribution < -0.4 is 0 Å². The summed E-state index contributed by atoms with van der Waals surface area (Å²) in [5, 5.41) is 0. The molecule has 2 rings (SSSR count). The third-order valence-corrected chi connectivity index (χ3v) is 4.90. The van der Waals surface area contributed by atoms with E-state index in [-0.39, 0.29) is 11.7 Å². The van der Waals surface area contributed by atoms with Gasteiger partial charge in [-0.05, 0) is 32.2 Å². The standard InChI is InChI=1S/C12H21NO3S/c1-17(15,16)9-8-13-7-3-5-11(13)10-4-2-6-12(10)14/h10-11H,2-9H2,1H3. The van der Waals surface area contributed by atoms with E-state index in [2.05, 4.69) is 4.90 Å². The number of Topliss-reactive ketones (excluding diaryl/α,β-unsaturated/α-hetero) is 1. The molecule has 1 saturated carbocycles. The first-order valence-electron chi connectivity index (χ1n) is 6.42. The fourth-order valence-corrected chi connectivity index (χ4v) is 3.68. The third-order valence-electron chi connectivity index (χ3n) is 3.98. The van der Waals surface area contributed by atoms with Crippen LogP contribution in [0.1, 0.15) is 32.1 Å². The van der Waals surface area contributed by atoms with E-state index < -0.39 is 9.84 Å². The molecule has 0 radical (unpaired) electrons. The number of hydrogen-bond donors (Lipinski definition) is 0. The lowest BCUT2D eigenvalue weighted by atomic mass is 9.95. The van der Waals surface area contributed by atoms with Crippen LogP contribution in [0.4, 0.5) is 0 Å². The Morgan fingerprint density at radius 1 is 1.29 bits per heavy atom. The van der Waals surface area contributed by atoms with Gasteiger partial charge in [-0.2, -0.15) is 0 Å². The highest BCUT2D eigenvalue weighted by molar-refractivity contribution is 7.90. The molecule has 0 spiro atoms. The van der Waals surface area contributed by atoms with Gasteiger partial charge in [0.25, 0.3) is 0 Å². The average Bonchev–Trinajstić information content (AvgIpc) is 2.81. The number of sulfone groups is 1. The molecule has 2 atom stereocenters. The number of likely N-dealkylation sites (tertiary alicyclic amines) is 1. The first-order valence-corrected chi connectivity index (χ1v) is 8.48. The third kappa shape index (κ3) is 3.28. The molecule has 17 heavy (non-hydrogen) atoms. The van der Waals surface area contributed by atoms with Gasteiger partial charge in [0.15, 0.2) is 0 Å². The Balaban J connectivity index is 1.95. The predicted octanol–water partition coefficient (Wildman–Crippen LogP) is 0.865. The van der Waals surface area contributed by atoms with Gasteiger partial charge < -0.3 is 0 Å². The average molecular weight is 259 g/mol. The van der Waals surface area contributed by atoms with Crippen LogP contribution in [-0.2, 0) is 14.6 Å². The van der Waals surface area contributed by atoms with Gasteiger partial charge in [0.05, 0.1) is 5.75 Å². The summed E-state index contributed by atoms with van der Waals surface area (Å²) in [6.07, 6.45) is 6.16. The topological polar surface area (TPSA) is 54.5 Å². The smallest absolute Gasteiger partial charge is 0.148 e. The highest BCUT2D eigenvalue weighted by atomic mass is 32.2. The Morgan fingerprint density at radius 3 is 2.65 bits per heavy atom. The Labute approximate surface area is 103 Å². The first kappa shape index (κ1) is 13.0. The molecular formula is C12H21NO3S. The second-order valence-corrected chi connectivity index (χ2v) is 7.60. The van der Waals surface area contributed by atoms with Crippen LogP contribution in [0.2, 0.25) is 0 Å². The maximum absolute atomic E-state index is 11.8. The molecule has 1 aliphatic carbocycles. The monoisotopic (exact) mass is 259 g/mol. The molecule has 98 valence electrons. The quantitative estimate of drug-likeness (QED) is 0.751. The van der Waals surface area contributed by atoms with Crippen molar-refractivity contribution in [2.24, 2.45) is 5.92 Å². The SMILES string of the molecule is CS(=O)(=O)CCN1CCCC1C1CCCC1=O. The minimum Gasteiger partial charge on any atom is -0.299 e. The van der Waals surface area contributed by atoms with Crippen LogP contribution in [0.5, 0.6) is 0 Å². The van der Waals surface area contributed by atoms with Gasteiger partial charge in [0.2, 0.25) is 0 Å². The summed E-state index contributed by atoms with van der Waals surface area (Å²) in [5.41, 5.74) is 0. The molecular weight excluding hydrogens is 238 g/mol. The van der Waals surface area contributed by atoms with Crippen molar-refractivity contribution in [2.45, 2.75) is 38.1 Å². The Hall–Kier alpha value is -0.420. The minimum atomic E-state index is -2.90. The minimum absolute atomic E-state index is 0.178. The largest absolute Gasteiger partial charge is 0.299 e. The summed E-state index contributed by atoms with van der Waals surface area (Å²) in [4.78, 5) is 14.0. The molecule has 0 aromatic rings. The number of nitrogens with zero attached hydrogens (tertiary/aromatic N) is 1. The second-order valence-electron chi connectivity index (χ2n) is 5.34. The van der Waals surface area contributed by atoms with E-state index in [4.69, 9.17) is 0 Å². The highest BCUT2D eigenvalue weighted by Crippen LogP contribution is 2.32. The van der Waals surface area contributed by atoms with E-state index >= 15 is 0 Å². The molecule has 4 nitrogen and oxygen atoms in total. The van der Waals surface area contributed by atoms with Gasteiger partial charge >= 0.3 is 0 Å². The van der Waals surface area contributed by atoms with Crippen molar-refractivity contribution in [3.63, 3.8) is 0 Å². The number of hydrogen-bond acceptors (Lipinski definition) is 4. The summed E-state index contributed by atoms with van der Waals surface area (Å²) < 4.78 is 22.4. The maximum Gasteiger partial charge on any atom is 0.148 e. The van der Waals surface area contributed by atoms with Crippen molar-refractivity contribution >= 4 is 15.6 Å². The fourth-order valence-electron chi connectivity index (χ4n) is 3.12. The van der Waals surface area contributed by atoms with Crippen molar-refractivity contribution in [3.05, 3.63) is 0 Å². The summed E-state index contributed by atoms with van der Waals surface area (Å²) in [6, 6.07) is 0.312. The van der Waals surface area contributed by atoms with E-state index in [0.29, 0.717) is 18.4 Å². The van der Waals surface area contributed by atoms with Crippen LogP contribution in [0.3, 0.4) is 0 Å². The molecule has 0 amide bonds. The van der Waals surface area contributed by atoms with Crippen LogP contribution in [0.15, 0.2) is 0 Å². The van der Waals surface area contributed by atoms with Crippen molar-refractivity contribution < 1.29 is 13.2 Å². The van der Waals surface area contributed by atoms with Crippen LogP contribution in [0.25, 0.3) is 0 Å².